The van der Waals surface area contributed by atoms with Crippen molar-refractivity contribution in [1.29, 1.82) is 0 Å². The highest BCUT2D eigenvalue weighted by Crippen LogP contribution is 2.32. The fraction of sp³-hybridized carbons (Fsp3) is 0.417. The summed E-state index contributed by atoms with van der Waals surface area (Å²) >= 11 is 5.78. The summed E-state index contributed by atoms with van der Waals surface area (Å²) in [4.78, 5) is 21.0. The second-order valence-corrected chi connectivity index (χ2v) is 4.55. The van der Waals surface area contributed by atoms with Crippen LogP contribution in [-0.2, 0) is 4.79 Å². The highest BCUT2D eigenvalue weighted by Gasteiger charge is 2.19. The summed E-state index contributed by atoms with van der Waals surface area (Å²) < 4.78 is 0. The van der Waals surface area contributed by atoms with Gasteiger partial charge in [0.15, 0.2) is 0 Å². The minimum atomic E-state index is -0.880. The lowest BCUT2D eigenvalue weighted by atomic mass is 10.0. The van der Waals surface area contributed by atoms with Crippen molar-refractivity contribution in [2.24, 2.45) is 5.92 Å². The molecule has 0 spiro atoms. The molecule has 0 heterocycles. The molecule has 0 aliphatic heterocycles. The zero-order chi connectivity index (χ0) is 14.4. The van der Waals surface area contributed by atoms with E-state index >= 15 is 0 Å². The smallest absolute Gasteiger partial charge is 0.310 e. The first kappa shape index (κ1) is 15.2. The minimum absolute atomic E-state index is 0.0257. The van der Waals surface area contributed by atoms with Crippen LogP contribution in [0.25, 0.3) is 0 Å². The van der Waals surface area contributed by atoms with Crippen LogP contribution in [-0.4, -0.2) is 22.5 Å². The van der Waals surface area contributed by atoms with Gasteiger partial charge in [0.05, 0.1) is 4.92 Å². The van der Waals surface area contributed by atoms with E-state index in [2.05, 4.69) is 5.32 Å². The molecule has 7 heteroatoms. The Balaban J connectivity index is 2.79. The molecule has 0 aliphatic carbocycles. The van der Waals surface area contributed by atoms with Crippen LogP contribution in [0.3, 0.4) is 0 Å². The number of nitro groups is 1. The number of para-hydroxylation sites is 1. The molecule has 104 valence electrons. The fourth-order valence-corrected chi connectivity index (χ4v) is 1.95. The van der Waals surface area contributed by atoms with E-state index in [-0.39, 0.29) is 23.0 Å². The standard InChI is InChI=1S/C12H15ClN2O4/c1-2-8(6-11(16)17)7-14-10-5-3-4-9(13)12(10)15(18)19/h3-5,8,14H,2,6-7H2,1H3,(H,16,17). The number of nitrogens with zero attached hydrogens (tertiary/aromatic N) is 1. The number of carboxylic acid groups (broad SMARTS) is 1. The molecule has 0 bridgehead atoms. The van der Waals surface area contributed by atoms with E-state index in [1.165, 1.54) is 6.07 Å². The third-order valence-corrected chi connectivity index (χ3v) is 3.10. The molecule has 6 nitrogen and oxygen atoms in total. The number of benzene rings is 1. The van der Waals surface area contributed by atoms with Crippen molar-refractivity contribution in [3.63, 3.8) is 0 Å². The first-order chi connectivity index (χ1) is 8.95. The van der Waals surface area contributed by atoms with Crippen LogP contribution in [0.5, 0.6) is 0 Å². The highest BCUT2D eigenvalue weighted by molar-refractivity contribution is 6.33. The number of halogens is 1. The topological polar surface area (TPSA) is 92.5 Å². The van der Waals surface area contributed by atoms with Crippen molar-refractivity contribution in [2.75, 3.05) is 11.9 Å². The molecule has 0 amide bonds. The maximum Gasteiger partial charge on any atom is 0.310 e. The number of hydrogen-bond acceptors (Lipinski definition) is 4. The average Bonchev–Trinajstić information content (AvgIpc) is 2.33. The third-order valence-electron chi connectivity index (χ3n) is 2.79. The van der Waals surface area contributed by atoms with Crippen molar-refractivity contribution in [3.8, 4) is 0 Å². The molecule has 1 aromatic carbocycles. The van der Waals surface area contributed by atoms with Gasteiger partial charge in [0.25, 0.3) is 0 Å². The summed E-state index contributed by atoms with van der Waals surface area (Å²) in [5.74, 6) is -0.967. The Labute approximate surface area is 115 Å². The molecule has 1 aromatic rings. The number of nitro benzene ring substituents is 1. The first-order valence-corrected chi connectivity index (χ1v) is 6.22. The molecule has 0 saturated heterocycles. The molecule has 1 rings (SSSR count). The Morgan fingerprint density at radius 3 is 2.79 bits per heavy atom. The molecule has 0 aliphatic rings. The second kappa shape index (κ2) is 6.94. The van der Waals surface area contributed by atoms with Gasteiger partial charge in [0.1, 0.15) is 10.7 Å². The van der Waals surface area contributed by atoms with Crippen LogP contribution in [0.2, 0.25) is 5.02 Å². The number of rotatable bonds is 7. The van der Waals surface area contributed by atoms with Gasteiger partial charge in [-0.15, -0.1) is 0 Å². The number of nitrogens with one attached hydrogen (secondary N) is 1. The van der Waals surface area contributed by atoms with Crippen LogP contribution in [0.4, 0.5) is 11.4 Å². The van der Waals surface area contributed by atoms with Gasteiger partial charge in [-0.1, -0.05) is 31.0 Å². The summed E-state index contributed by atoms with van der Waals surface area (Å²) in [6.07, 6.45) is 0.700. The first-order valence-electron chi connectivity index (χ1n) is 5.84. The van der Waals surface area contributed by atoms with Crippen molar-refractivity contribution in [2.45, 2.75) is 19.8 Å². The predicted molar refractivity (Wildman–Crippen MR) is 72.6 cm³/mol. The SMILES string of the molecule is CCC(CNc1cccc(Cl)c1[N+](=O)[O-])CC(=O)O. The number of anilines is 1. The van der Waals surface area contributed by atoms with E-state index in [4.69, 9.17) is 16.7 Å². The summed E-state index contributed by atoms with van der Waals surface area (Å²) in [6, 6.07) is 4.60. The van der Waals surface area contributed by atoms with E-state index in [1.54, 1.807) is 12.1 Å². The minimum Gasteiger partial charge on any atom is -0.481 e. The number of aliphatic carboxylic acids is 1. The van der Waals surface area contributed by atoms with E-state index in [0.717, 1.165) is 0 Å². The quantitative estimate of drug-likeness (QED) is 0.593. The van der Waals surface area contributed by atoms with Crippen LogP contribution in [0.15, 0.2) is 18.2 Å². The van der Waals surface area contributed by atoms with Crippen molar-refractivity contribution in [3.05, 3.63) is 33.3 Å². The predicted octanol–water partition coefficient (Wildman–Crippen LogP) is 3.16. The van der Waals surface area contributed by atoms with Crippen molar-refractivity contribution < 1.29 is 14.8 Å². The Hall–Kier alpha value is -1.82. The Bertz CT molecular complexity index is 479. The van der Waals surface area contributed by atoms with Crippen LogP contribution in [0.1, 0.15) is 19.8 Å². The van der Waals surface area contributed by atoms with E-state index < -0.39 is 10.9 Å². The summed E-state index contributed by atoms with van der Waals surface area (Å²) in [5.41, 5.74) is 0.121. The maximum atomic E-state index is 10.9. The molecular weight excluding hydrogens is 272 g/mol. The van der Waals surface area contributed by atoms with Crippen molar-refractivity contribution in [1.82, 2.24) is 0 Å². The Kier molecular flexibility index (Phi) is 5.57. The van der Waals surface area contributed by atoms with Gasteiger partial charge >= 0.3 is 11.7 Å². The lowest BCUT2D eigenvalue weighted by molar-refractivity contribution is -0.383. The molecule has 19 heavy (non-hydrogen) atoms. The fourth-order valence-electron chi connectivity index (χ4n) is 1.71. The summed E-state index contributed by atoms with van der Waals surface area (Å²) in [6.45, 7) is 2.23. The zero-order valence-corrected chi connectivity index (χ0v) is 11.2. The van der Waals surface area contributed by atoms with Gasteiger partial charge in [-0.25, -0.2) is 0 Å². The molecule has 1 unspecified atom stereocenters. The van der Waals surface area contributed by atoms with Gasteiger partial charge in [0.2, 0.25) is 0 Å². The van der Waals surface area contributed by atoms with E-state index in [9.17, 15) is 14.9 Å². The number of carboxylic acids is 1. The Morgan fingerprint density at radius 2 is 2.26 bits per heavy atom. The molecule has 1 atom stereocenters. The van der Waals surface area contributed by atoms with Crippen molar-refractivity contribution >= 4 is 28.9 Å². The lowest BCUT2D eigenvalue weighted by Crippen LogP contribution is -2.17. The zero-order valence-electron chi connectivity index (χ0n) is 10.4. The van der Waals surface area contributed by atoms with Gasteiger partial charge in [-0.05, 0) is 18.1 Å². The van der Waals surface area contributed by atoms with Crippen LogP contribution in [0, 0.1) is 16.0 Å². The monoisotopic (exact) mass is 286 g/mol. The normalized spacial score (nSPS) is 11.9. The van der Waals surface area contributed by atoms with Crippen LogP contribution >= 0.6 is 11.6 Å². The average molecular weight is 287 g/mol. The van der Waals surface area contributed by atoms with Gasteiger partial charge in [-0.3, -0.25) is 14.9 Å². The van der Waals surface area contributed by atoms with Gasteiger partial charge < -0.3 is 10.4 Å². The van der Waals surface area contributed by atoms with Crippen LogP contribution < -0.4 is 5.32 Å². The lowest BCUT2D eigenvalue weighted by Gasteiger charge is -2.14. The largest absolute Gasteiger partial charge is 0.481 e. The van der Waals surface area contributed by atoms with E-state index in [0.29, 0.717) is 18.7 Å². The van der Waals surface area contributed by atoms with E-state index in [1.807, 2.05) is 6.92 Å². The second-order valence-electron chi connectivity index (χ2n) is 4.15. The van der Waals surface area contributed by atoms with Gasteiger partial charge in [-0.2, -0.15) is 0 Å². The molecule has 0 fully saturated rings. The maximum absolute atomic E-state index is 10.9. The van der Waals surface area contributed by atoms with Gasteiger partial charge in [0, 0.05) is 13.0 Å². The molecule has 0 saturated carbocycles. The Morgan fingerprint density at radius 1 is 1.58 bits per heavy atom. The number of carbonyl (C=O) groups is 1. The number of hydrogen-bond donors (Lipinski definition) is 2. The molecule has 0 aromatic heterocycles. The molecular formula is C12H15ClN2O4. The molecule has 0 radical (unpaired) electrons. The molecule has 2 N–H and O–H groups in total. The summed E-state index contributed by atoms with van der Waals surface area (Å²) in [5, 5.41) is 22.6. The third kappa shape index (κ3) is 4.40. The highest BCUT2D eigenvalue weighted by atomic mass is 35.5. The summed E-state index contributed by atoms with van der Waals surface area (Å²) in [7, 11) is 0.